The van der Waals surface area contributed by atoms with Crippen LogP contribution in [-0.2, 0) is 12.8 Å². The van der Waals surface area contributed by atoms with E-state index in [9.17, 15) is 0 Å². The van der Waals surface area contributed by atoms with E-state index in [2.05, 4.69) is 31.2 Å². The van der Waals surface area contributed by atoms with Gasteiger partial charge in [-0.3, -0.25) is 0 Å². The molecule has 0 bridgehead atoms. The lowest BCUT2D eigenvalue weighted by atomic mass is 9.87. The van der Waals surface area contributed by atoms with Crippen LogP contribution >= 0.6 is 11.6 Å². The van der Waals surface area contributed by atoms with Gasteiger partial charge in [-0.05, 0) is 61.6 Å². The Balaban J connectivity index is 2.10. The lowest BCUT2D eigenvalue weighted by Crippen LogP contribution is -2.41. The van der Waals surface area contributed by atoms with Gasteiger partial charge in [0.2, 0.25) is 0 Å². The molecule has 2 nitrogen and oxygen atoms in total. The summed E-state index contributed by atoms with van der Waals surface area (Å²) in [7, 11) is 1.67. The number of ether oxygens (including phenoxy) is 1. The van der Waals surface area contributed by atoms with Crippen molar-refractivity contribution < 1.29 is 4.74 Å². The van der Waals surface area contributed by atoms with Gasteiger partial charge in [0.15, 0.2) is 0 Å². The zero-order valence-corrected chi connectivity index (χ0v) is 13.6. The molecule has 0 aliphatic rings. The molecule has 2 aromatic carbocycles. The molecule has 0 fully saturated rings. The zero-order chi connectivity index (χ0) is 15.5. The van der Waals surface area contributed by atoms with Crippen LogP contribution in [-0.4, -0.2) is 12.6 Å². The minimum absolute atomic E-state index is 0.340. The van der Waals surface area contributed by atoms with Crippen LogP contribution in [0.1, 0.15) is 23.6 Å². The summed E-state index contributed by atoms with van der Waals surface area (Å²) >= 11 is 6.31. The van der Waals surface area contributed by atoms with Crippen LogP contribution in [0.25, 0.3) is 0 Å². The molecule has 0 heterocycles. The van der Waals surface area contributed by atoms with Gasteiger partial charge in [-0.1, -0.05) is 35.9 Å². The Morgan fingerprint density at radius 2 is 1.76 bits per heavy atom. The van der Waals surface area contributed by atoms with Gasteiger partial charge in [-0.15, -0.1) is 0 Å². The molecule has 3 heteroatoms. The molecular weight excluding hydrogens is 282 g/mol. The predicted octanol–water partition coefficient (Wildman–Crippen LogP) is 4.16. The number of methoxy groups -OCH3 is 1. The molecule has 1 unspecified atom stereocenters. The molecule has 0 aliphatic carbocycles. The largest absolute Gasteiger partial charge is 0.497 e. The van der Waals surface area contributed by atoms with Crippen molar-refractivity contribution in [3.05, 3.63) is 64.2 Å². The predicted molar refractivity (Wildman–Crippen MR) is 89.2 cm³/mol. The highest BCUT2D eigenvalue weighted by molar-refractivity contribution is 6.31. The third-order valence-electron chi connectivity index (χ3n) is 3.57. The molecule has 0 radical (unpaired) electrons. The first-order chi connectivity index (χ1) is 9.89. The van der Waals surface area contributed by atoms with Crippen LogP contribution in [0.2, 0.25) is 5.02 Å². The third-order valence-corrected chi connectivity index (χ3v) is 3.92. The molecule has 0 aromatic heterocycles. The molecule has 0 saturated heterocycles. The van der Waals surface area contributed by atoms with E-state index in [1.54, 1.807) is 7.11 Å². The van der Waals surface area contributed by atoms with Crippen molar-refractivity contribution in [3.8, 4) is 5.75 Å². The molecule has 0 aliphatic heterocycles. The van der Waals surface area contributed by atoms with Crippen molar-refractivity contribution in [1.29, 1.82) is 0 Å². The summed E-state index contributed by atoms with van der Waals surface area (Å²) in [6.07, 6.45) is 1.54. The summed E-state index contributed by atoms with van der Waals surface area (Å²) in [5.41, 5.74) is 9.59. The van der Waals surface area contributed by atoms with Gasteiger partial charge in [0, 0.05) is 10.6 Å². The van der Waals surface area contributed by atoms with Crippen LogP contribution in [0.3, 0.4) is 0 Å². The Labute approximate surface area is 131 Å². The number of halogens is 1. The molecule has 21 heavy (non-hydrogen) atoms. The van der Waals surface area contributed by atoms with E-state index < -0.39 is 0 Å². The van der Waals surface area contributed by atoms with Gasteiger partial charge in [0.25, 0.3) is 0 Å². The smallest absolute Gasteiger partial charge is 0.118 e. The van der Waals surface area contributed by atoms with Gasteiger partial charge >= 0.3 is 0 Å². The van der Waals surface area contributed by atoms with E-state index in [1.165, 1.54) is 5.56 Å². The fraction of sp³-hybridized carbons (Fsp3) is 0.333. The van der Waals surface area contributed by atoms with Crippen LogP contribution in [0.15, 0.2) is 42.5 Å². The van der Waals surface area contributed by atoms with Crippen molar-refractivity contribution >= 4 is 11.6 Å². The number of nitrogens with two attached hydrogens (primary N) is 1. The molecule has 1 atom stereocenters. The highest BCUT2D eigenvalue weighted by Crippen LogP contribution is 2.24. The average Bonchev–Trinajstić information content (AvgIpc) is 2.42. The van der Waals surface area contributed by atoms with E-state index in [0.29, 0.717) is 0 Å². The van der Waals surface area contributed by atoms with Gasteiger partial charge in [-0.2, -0.15) is 0 Å². The fourth-order valence-corrected chi connectivity index (χ4v) is 2.80. The molecular formula is C18H22ClNO. The Kier molecular flexibility index (Phi) is 4.92. The second kappa shape index (κ2) is 6.50. The van der Waals surface area contributed by atoms with Crippen molar-refractivity contribution in [2.45, 2.75) is 32.2 Å². The molecule has 2 aromatic rings. The minimum Gasteiger partial charge on any atom is -0.497 e. The number of hydrogen-bond donors (Lipinski definition) is 1. The number of benzene rings is 2. The Bertz CT molecular complexity index is 605. The molecule has 2 rings (SSSR count). The Morgan fingerprint density at radius 1 is 1.10 bits per heavy atom. The van der Waals surface area contributed by atoms with Gasteiger partial charge in [0.05, 0.1) is 7.11 Å². The summed E-state index contributed by atoms with van der Waals surface area (Å²) in [5, 5.41) is 0.793. The summed E-state index contributed by atoms with van der Waals surface area (Å²) in [6, 6.07) is 14.2. The van der Waals surface area contributed by atoms with E-state index in [-0.39, 0.29) is 5.54 Å². The molecule has 0 spiro atoms. The molecule has 112 valence electrons. The van der Waals surface area contributed by atoms with Crippen molar-refractivity contribution in [1.82, 2.24) is 0 Å². The number of rotatable bonds is 5. The first kappa shape index (κ1) is 15.9. The summed E-state index contributed by atoms with van der Waals surface area (Å²) in [4.78, 5) is 0. The summed E-state index contributed by atoms with van der Waals surface area (Å²) in [5.74, 6) is 0.860. The average molecular weight is 304 g/mol. The van der Waals surface area contributed by atoms with Crippen LogP contribution in [0.5, 0.6) is 5.75 Å². The topological polar surface area (TPSA) is 35.2 Å². The fourth-order valence-electron chi connectivity index (χ4n) is 2.50. The van der Waals surface area contributed by atoms with E-state index in [1.807, 2.05) is 25.1 Å². The maximum atomic E-state index is 6.47. The van der Waals surface area contributed by atoms with Gasteiger partial charge in [0.1, 0.15) is 5.75 Å². The quantitative estimate of drug-likeness (QED) is 0.900. The van der Waals surface area contributed by atoms with E-state index in [4.69, 9.17) is 22.1 Å². The molecule has 0 saturated carbocycles. The third kappa shape index (κ3) is 4.48. The van der Waals surface area contributed by atoms with Crippen LogP contribution in [0.4, 0.5) is 0 Å². The van der Waals surface area contributed by atoms with Crippen LogP contribution in [0, 0.1) is 6.92 Å². The lowest BCUT2D eigenvalue weighted by molar-refractivity contribution is 0.414. The second-order valence-electron chi connectivity index (χ2n) is 5.95. The minimum atomic E-state index is -0.340. The molecule has 0 amide bonds. The zero-order valence-electron chi connectivity index (χ0n) is 12.8. The maximum absolute atomic E-state index is 6.47. The standard InChI is InChI=1S/C18H22ClNO/c1-13-4-7-15(17(19)10-13)12-18(2,20)11-14-5-8-16(21-3)9-6-14/h4-10H,11-12,20H2,1-3H3. The molecule has 2 N–H and O–H groups in total. The van der Waals surface area contributed by atoms with Crippen molar-refractivity contribution in [2.24, 2.45) is 5.73 Å². The van der Waals surface area contributed by atoms with Crippen molar-refractivity contribution in [2.75, 3.05) is 7.11 Å². The summed E-state index contributed by atoms with van der Waals surface area (Å²) < 4.78 is 5.17. The Morgan fingerprint density at radius 3 is 2.33 bits per heavy atom. The SMILES string of the molecule is COc1ccc(CC(C)(N)Cc2ccc(C)cc2Cl)cc1. The first-order valence-electron chi connectivity index (χ1n) is 7.06. The number of hydrogen-bond acceptors (Lipinski definition) is 2. The van der Waals surface area contributed by atoms with Gasteiger partial charge in [-0.25, -0.2) is 0 Å². The lowest BCUT2D eigenvalue weighted by Gasteiger charge is -2.25. The first-order valence-corrected chi connectivity index (χ1v) is 7.44. The summed E-state index contributed by atoms with van der Waals surface area (Å²) in [6.45, 7) is 4.10. The number of aryl methyl sites for hydroxylation is 1. The van der Waals surface area contributed by atoms with Crippen LogP contribution < -0.4 is 10.5 Å². The maximum Gasteiger partial charge on any atom is 0.118 e. The van der Waals surface area contributed by atoms with E-state index in [0.717, 1.165) is 34.7 Å². The monoisotopic (exact) mass is 303 g/mol. The highest BCUT2D eigenvalue weighted by atomic mass is 35.5. The second-order valence-corrected chi connectivity index (χ2v) is 6.36. The highest BCUT2D eigenvalue weighted by Gasteiger charge is 2.21. The normalized spacial score (nSPS) is 13.8. The van der Waals surface area contributed by atoms with Crippen molar-refractivity contribution in [3.63, 3.8) is 0 Å². The van der Waals surface area contributed by atoms with E-state index >= 15 is 0 Å². The Hall–Kier alpha value is -1.51. The van der Waals surface area contributed by atoms with Gasteiger partial charge < -0.3 is 10.5 Å².